The topological polar surface area (TPSA) is 12.0 Å². The molecule has 1 atom stereocenters. The molecule has 0 amide bonds. The second-order valence-corrected chi connectivity index (χ2v) is 6.36. The van der Waals surface area contributed by atoms with E-state index >= 15 is 0 Å². The second-order valence-electron chi connectivity index (χ2n) is 6.36. The molecule has 0 spiro atoms. The first-order valence-electron chi connectivity index (χ1n) is 6.12. The van der Waals surface area contributed by atoms with Crippen LogP contribution in [0.15, 0.2) is 0 Å². The average molecular weight is 197 g/mol. The fourth-order valence-electron chi connectivity index (χ4n) is 2.21. The highest BCUT2D eigenvalue weighted by Crippen LogP contribution is 2.45. The van der Waals surface area contributed by atoms with Gasteiger partial charge >= 0.3 is 0 Å². The van der Waals surface area contributed by atoms with Crippen molar-refractivity contribution in [2.24, 2.45) is 23.2 Å². The smallest absolute Gasteiger partial charge is 0.00127 e. The van der Waals surface area contributed by atoms with E-state index in [0.717, 1.165) is 17.8 Å². The van der Waals surface area contributed by atoms with Gasteiger partial charge in [0.1, 0.15) is 0 Å². The summed E-state index contributed by atoms with van der Waals surface area (Å²) < 4.78 is 0. The molecule has 1 aliphatic carbocycles. The molecule has 1 aliphatic rings. The minimum atomic E-state index is 0.477. The van der Waals surface area contributed by atoms with Crippen LogP contribution < -0.4 is 5.32 Å². The lowest BCUT2D eigenvalue weighted by atomic mass is 9.77. The van der Waals surface area contributed by atoms with E-state index in [1.54, 1.807) is 0 Å². The van der Waals surface area contributed by atoms with Gasteiger partial charge in [-0.05, 0) is 49.1 Å². The minimum Gasteiger partial charge on any atom is -0.316 e. The summed E-state index contributed by atoms with van der Waals surface area (Å²) in [6.07, 6.45) is 2.93. The zero-order chi connectivity index (χ0) is 10.8. The average Bonchev–Trinajstić information content (AvgIpc) is 2.77. The highest BCUT2D eigenvalue weighted by atomic mass is 14.9. The first-order chi connectivity index (χ1) is 6.41. The van der Waals surface area contributed by atoms with Gasteiger partial charge in [-0.3, -0.25) is 0 Å². The van der Waals surface area contributed by atoms with Gasteiger partial charge in [0, 0.05) is 0 Å². The molecule has 1 fully saturated rings. The van der Waals surface area contributed by atoms with Crippen molar-refractivity contribution < 1.29 is 0 Å². The molecule has 0 aromatic heterocycles. The minimum absolute atomic E-state index is 0.477. The van der Waals surface area contributed by atoms with E-state index in [4.69, 9.17) is 0 Å². The van der Waals surface area contributed by atoms with Gasteiger partial charge in [-0.2, -0.15) is 0 Å². The Hall–Kier alpha value is -0.0400. The lowest BCUT2D eigenvalue weighted by Crippen LogP contribution is -2.34. The maximum atomic E-state index is 3.61. The maximum Gasteiger partial charge on any atom is -0.00127 e. The van der Waals surface area contributed by atoms with Crippen LogP contribution >= 0.6 is 0 Å². The molecule has 0 radical (unpaired) electrons. The Balaban J connectivity index is 2.29. The van der Waals surface area contributed by atoms with Gasteiger partial charge in [0.25, 0.3) is 0 Å². The molecule has 0 bridgehead atoms. The van der Waals surface area contributed by atoms with Crippen LogP contribution in [-0.2, 0) is 0 Å². The second kappa shape index (κ2) is 4.65. The van der Waals surface area contributed by atoms with Gasteiger partial charge in [-0.15, -0.1) is 0 Å². The standard InChI is InChI=1S/C13H27N/c1-10(2)8-14-9-12(11-6-7-11)13(3,4)5/h10-12,14H,6-9H2,1-5H3. The van der Waals surface area contributed by atoms with Crippen molar-refractivity contribution in [3.8, 4) is 0 Å². The lowest BCUT2D eigenvalue weighted by molar-refractivity contribution is 0.202. The zero-order valence-corrected chi connectivity index (χ0v) is 10.6. The molecule has 0 aromatic rings. The first kappa shape index (κ1) is 12.0. The van der Waals surface area contributed by atoms with Crippen molar-refractivity contribution >= 4 is 0 Å². The van der Waals surface area contributed by atoms with Crippen molar-refractivity contribution in [2.45, 2.75) is 47.5 Å². The monoisotopic (exact) mass is 197 g/mol. The van der Waals surface area contributed by atoms with Gasteiger partial charge < -0.3 is 5.32 Å². The molecule has 1 saturated carbocycles. The molecule has 0 heterocycles. The van der Waals surface area contributed by atoms with Gasteiger partial charge in [0.05, 0.1) is 0 Å². The zero-order valence-electron chi connectivity index (χ0n) is 10.6. The summed E-state index contributed by atoms with van der Waals surface area (Å²) in [6, 6.07) is 0. The predicted octanol–water partition coefficient (Wildman–Crippen LogP) is 3.30. The summed E-state index contributed by atoms with van der Waals surface area (Å²) in [7, 11) is 0. The van der Waals surface area contributed by atoms with Crippen molar-refractivity contribution in [2.75, 3.05) is 13.1 Å². The van der Waals surface area contributed by atoms with E-state index < -0.39 is 0 Å². The van der Waals surface area contributed by atoms with Crippen molar-refractivity contribution in [1.29, 1.82) is 0 Å². The largest absolute Gasteiger partial charge is 0.316 e. The number of hydrogen-bond donors (Lipinski definition) is 1. The molecule has 14 heavy (non-hydrogen) atoms. The Morgan fingerprint density at radius 1 is 1.14 bits per heavy atom. The number of nitrogens with one attached hydrogen (secondary N) is 1. The summed E-state index contributed by atoms with van der Waals surface area (Å²) >= 11 is 0. The Morgan fingerprint density at radius 3 is 2.07 bits per heavy atom. The van der Waals surface area contributed by atoms with E-state index in [2.05, 4.69) is 39.9 Å². The maximum absolute atomic E-state index is 3.61. The summed E-state index contributed by atoms with van der Waals surface area (Å²) in [5.74, 6) is 2.66. The third-order valence-corrected chi connectivity index (χ3v) is 3.22. The van der Waals surface area contributed by atoms with E-state index in [0.29, 0.717) is 5.41 Å². The molecule has 0 aliphatic heterocycles. The third-order valence-electron chi connectivity index (χ3n) is 3.22. The number of hydrogen-bond acceptors (Lipinski definition) is 1. The third kappa shape index (κ3) is 4.00. The molecule has 84 valence electrons. The summed E-state index contributed by atoms with van der Waals surface area (Å²) in [5.41, 5.74) is 0.477. The van der Waals surface area contributed by atoms with Crippen LogP contribution in [-0.4, -0.2) is 13.1 Å². The quantitative estimate of drug-likeness (QED) is 0.713. The van der Waals surface area contributed by atoms with Gasteiger partial charge in [-0.1, -0.05) is 34.6 Å². The van der Waals surface area contributed by atoms with Gasteiger partial charge in [0.15, 0.2) is 0 Å². The van der Waals surface area contributed by atoms with Crippen LogP contribution in [0.25, 0.3) is 0 Å². The van der Waals surface area contributed by atoms with Crippen molar-refractivity contribution in [3.05, 3.63) is 0 Å². The summed E-state index contributed by atoms with van der Waals surface area (Å²) in [6.45, 7) is 14.1. The van der Waals surface area contributed by atoms with Crippen LogP contribution in [0.3, 0.4) is 0 Å². The fraction of sp³-hybridized carbons (Fsp3) is 1.00. The van der Waals surface area contributed by atoms with Crippen LogP contribution in [0.5, 0.6) is 0 Å². The Kier molecular flexibility index (Phi) is 4.00. The summed E-state index contributed by atoms with van der Waals surface area (Å²) in [4.78, 5) is 0. The van der Waals surface area contributed by atoms with Crippen LogP contribution in [0.2, 0.25) is 0 Å². The first-order valence-corrected chi connectivity index (χ1v) is 6.12. The lowest BCUT2D eigenvalue weighted by Gasteiger charge is -2.31. The SMILES string of the molecule is CC(C)CNCC(C1CC1)C(C)(C)C. The summed E-state index contributed by atoms with van der Waals surface area (Å²) in [5, 5.41) is 3.61. The van der Waals surface area contributed by atoms with E-state index in [1.165, 1.54) is 25.9 Å². The molecule has 1 nitrogen and oxygen atoms in total. The molecule has 0 saturated heterocycles. The molecule has 1 rings (SSSR count). The van der Waals surface area contributed by atoms with E-state index in [9.17, 15) is 0 Å². The molecule has 1 unspecified atom stereocenters. The molecular formula is C13H27N. The molecule has 0 aromatic carbocycles. The fourth-order valence-corrected chi connectivity index (χ4v) is 2.21. The Morgan fingerprint density at radius 2 is 1.71 bits per heavy atom. The van der Waals surface area contributed by atoms with E-state index in [-0.39, 0.29) is 0 Å². The van der Waals surface area contributed by atoms with Gasteiger partial charge in [0.2, 0.25) is 0 Å². The van der Waals surface area contributed by atoms with Crippen molar-refractivity contribution in [1.82, 2.24) is 5.32 Å². The van der Waals surface area contributed by atoms with Gasteiger partial charge in [-0.25, -0.2) is 0 Å². The van der Waals surface area contributed by atoms with Crippen molar-refractivity contribution in [3.63, 3.8) is 0 Å². The normalized spacial score (nSPS) is 20.1. The molecule has 1 heteroatoms. The Labute approximate surface area is 89.7 Å². The predicted molar refractivity (Wildman–Crippen MR) is 63.4 cm³/mol. The van der Waals surface area contributed by atoms with Crippen LogP contribution in [0.1, 0.15) is 47.5 Å². The van der Waals surface area contributed by atoms with Crippen LogP contribution in [0.4, 0.5) is 0 Å². The molecular weight excluding hydrogens is 170 g/mol. The number of rotatable bonds is 5. The van der Waals surface area contributed by atoms with Crippen LogP contribution in [0, 0.1) is 23.2 Å². The highest BCUT2D eigenvalue weighted by Gasteiger charge is 2.37. The molecule has 1 N–H and O–H groups in total. The highest BCUT2D eigenvalue weighted by molar-refractivity contribution is 4.89. The van der Waals surface area contributed by atoms with E-state index in [1.807, 2.05) is 0 Å². The Bertz CT molecular complexity index is 163.